The molecule has 0 aliphatic heterocycles. The molecular weight excluding hydrogens is 330 g/mol. The molecule has 0 radical (unpaired) electrons. The fourth-order valence-corrected chi connectivity index (χ4v) is 4.20. The van der Waals surface area contributed by atoms with Crippen LogP contribution in [-0.4, -0.2) is 8.42 Å². The van der Waals surface area contributed by atoms with Gasteiger partial charge in [0.05, 0.1) is 4.90 Å². The van der Waals surface area contributed by atoms with E-state index in [1.54, 1.807) is 12.1 Å². The fraction of sp³-hybridized carbons (Fsp3) is 0.714. The molecular formula is C21H37NO2S. The van der Waals surface area contributed by atoms with Gasteiger partial charge in [-0.25, -0.2) is 13.6 Å². The van der Waals surface area contributed by atoms with Crippen molar-refractivity contribution in [1.82, 2.24) is 0 Å². The van der Waals surface area contributed by atoms with Gasteiger partial charge in [-0.15, -0.1) is 0 Å². The summed E-state index contributed by atoms with van der Waals surface area (Å²) >= 11 is 0. The first kappa shape index (κ1) is 22.2. The van der Waals surface area contributed by atoms with E-state index in [9.17, 15) is 8.42 Å². The molecule has 0 aromatic heterocycles. The maximum atomic E-state index is 11.6. The molecule has 0 fully saturated rings. The average Bonchev–Trinajstić information content (AvgIpc) is 2.57. The third kappa shape index (κ3) is 10.0. The third-order valence-corrected chi connectivity index (χ3v) is 5.98. The van der Waals surface area contributed by atoms with Crippen LogP contribution in [0.3, 0.4) is 0 Å². The number of unbranched alkanes of at least 4 members (excludes halogenated alkanes) is 7. The van der Waals surface area contributed by atoms with Crippen LogP contribution in [0.4, 0.5) is 0 Å². The number of hydrogen-bond donors (Lipinski definition) is 1. The van der Waals surface area contributed by atoms with Crippen molar-refractivity contribution in [3.8, 4) is 0 Å². The van der Waals surface area contributed by atoms with Crippen LogP contribution in [0, 0.1) is 5.92 Å². The molecule has 0 aliphatic carbocycles. The maximum absolute atomic E-state index is 11.6. The Labute approximate surface area is 155 Å². The van der Waals surface area contributed by atoms with Gasteiger partial charge in [0, 0.05) is 0 Å². The lowest BCUT2D eigenvalue weighted by atomic mass is 9.95. The van der Waals surface area contributed by atoms with Gasteiger partial charge in [0.25, 0.3) is 0 Å². The predicted molar refractivity (Wildman–Crippen MR) is 107 cm³/mol. The highest BCUT2D eigenvalue weighted by Crippen LogP contribution is 2.20. The van der Waals surface area contributed by atoms with Gasteiger partial charge in [-0.1, -0.05) is 96.3 Å². The van der Waals surface area contributed by atoms with Crippen LogP contribution in [0.2, 0.25) is 0 Å². The van der Waals surface area contributed by atoms with Crippen LogP contribution in [0.15, 0.2) is 29.2 Å². The number of sulfonamides is 1. The number of benzene rings is 1. The van der Waals surface area contributed by atoms with Gasteiger partial charge in [0.15, 0.2) is 0 Å². The summed E-state index contributed by atoms with van der Waals surface area (Å²) in [5, 5.41) is 5.29. The lowest BCUT2D eigenvalue weighted by Crippen LogP contribution is -2.14. The molecule has 1 atom stereocenters. The Balaban J connectivity index is 2.16. The zero-order chi connectivity index (χ0) is 18.5. The summed E-state index contributed by atoms with van der Waals surface area (Å²) < 4.78 is 23.2. The van der Waals surface area contributed by atoms with E-state index in [0.29, 0.717) is 5.92 Å². The van der Waals surface area contributed by atoms with E-state index < -0.39 is 10.0 Å². The van der Waals surface area contributed by atoms with E-state index in [4.69, 9.17) is 5.14 Å². The zero-order valence-electron chi connectivity index (χ0n) is 16.2. The molecule has 25 heavy (non-hydrogen) atoms. The zero-order valence-corrected chi connectivity index (χ0v) is 17.0. The summed E-state index contributed by atoms with van der Waals surface area (Å²) in [7, 11) is -3.61. The van der Waals surface area contributed by atoms with Gasteiger partial charge in [0.1, 0.15) is 0 Å². The van der Waals surface area contributed by atoms with E-state index in [1.807, 2.05) is 12.1 Å². The molecule has 0 spiro atoms. The minimum Gasteiger partial charge on any atom is -0.225 e. The molecule has 144 valence electrons. The van der Waals surface area contributed by atoms with Gasteiger partial charge < -0.3 is 0 Å². The second-order valence-corrected chi connectivity index (χ2v) is 8.94. The highest BCUT2D eigenvalue weighted by Gasteiger charge is 2.13. The second kappa shape index (κ2) is 12.5. The smallest absolute Gasteiger partial charge is 0.225 e. The molecule has 0 saturated carbocycles. The monoisotopic (exact) mass is 367 g/mol. The maximum Gasteiger partial charge on any atom is 0.238 e. The van der Waals surface area contributed by atoms with E-state index in [2.05, 4.69) is 13.8 Å². The Morgan fingerprint density at radius 2 is 1.44 bits per heavy atom. The summed E-state index contributed by atoms with van der Waals surface area (Å²) in [5.41, 5.74) is 0.851. The minimum atomic E-state index is -3.61. The third-order valence-electron chi connectivity index (χ3n) is 4.97. The van der Waals surface area contributed by atoms with Crippen LogP contribution in [0.5, 0.6) is 0 Å². The van der Waals surface area contributed by atoms with Crippen LogP contribution in [-0.2, 0) is 16.4 Å². The lowest BCUT2D eigenvalue weighted by Gasteiger charge is -2.12. The van der Waals surface area contributed by atoms with E-state index in [-0.39, 0.29) is 4.90 Å². The molecule has 1 unspecified atom stereocenters. The van der Waals surface area contributed by atoms with Crippen LogP contribution >= 0.6 is 0 Å². The Morgan fingerprint density at radius 1 is 0.880 bits per heavy atom. The highest BCUT2D eigenvalue weighted by atomic mass is 32.2. The first-order valence-electron chi connectivity index (χ1n) is 10.1. The van der Waals surface area contributed by atoms with Crippen molar-refractivity contribution < 1.29 is 8.42 Å². The highest BCUT2D eigenvalue weighted by molar-refractivity contribution is 7.89. The summed E-state index contributed by atoms with van der Waals surface area (Å²) in [4.78, 5) is 0.283. The minimum absolute atomic E-state index is 0.283. The van der Waals surface area contributed by atoms with E-state index in [1.165, 1.54) is 57.8 Å². The van der Waals surface area contributed by atoms with Crippen molar-refractivity contribution in [1.29, 1.82) is 0 Å². The van der Waals surface area contributed by atoms with Gasteiger partial charge in [-0.3, -0.25) is 0 Å². The molecule has 2 N–H and O–H groups in total. The normalized spacial score (nSPS) is 13.1. The standard InChI is InChI=1S/C21H37NO2S/c1-3-4-5-6-7-8-9-10-14-19(2)15-13-17-20-16-11-12-18-21(20)25(22,23)24/h11-12,16,18-19H,3-10,13-15,17H2,1-2H3,(H2,22,23,24). The fourth-order valence-electron chi connectivity index (χ4n) is 3.40. The number of primary sulfonamides is 1. The summed E-state index contributed by atoms with van der Waals surface area (Å²) in [6.45, 7) is 4.57. The topological polar surface area (TPSA) is 60.2 Å². The Hall–Kier alpha value is -0.870. The second-order valence-electron chi connectivity index (χ2n) is 7.41. The van der Waals surface area contributed by atoms with Crippen molar-refractivity contribution in [3.63, 3.8) is 0 Å². The largest absolute Gasteiger partial charge is 0.238 e. The molecule has 1 aromatic rings. The first-order chi connectivity index (χ1) is 11.9. The Morgan fingerprint density at radius 3 is 2.08 bits per heavy atom. The van der Waals surface area contributed by atoms with Crippen LogP contribution in [0.25, 0.3) is 0 Å². The molecule has 0 saturated heterocycles. The van der Waals surface area contributed by atoms with E-state index >= 15 is 0 Å². The number of nitrogens with two attached hydrogens (primary N) is 1. The van der Waals surface area contributed by atoms with Crippen molar-refractivity contribution >= 4 is 10.0 Å². The van der Waals surface area contributed by atoms with Crippen molar-refractivity contribution in [2.24, 2.45) is 11.1 Å². The van der Waals surface area contributed by atoms with Crippen LogP contribution < -0.4 is 5.14 Å². The van der Waals surface area contributed by atoms with Gasteiger partial charge >= 0.3 is 0 Å². The summed E-state index contributed by atoms with van der Waals surface area (Å²) in [5.74, 6) is 0.710. The van der Waals surface area contributed by atoms with Crippen molar-refractivity contribution in [2.45, 2.75) is 95.8 Å². The van der Waals surface area contributed by atoms with Gasteiger partial charge in [-0.05, 0) is 30.4 Å². The van der Waals surface area contributed by atoms with Crippen molar-refractivity contribution in [3.05, 3.63) is 29.8 Å². The SMILES string of the molecule is CCCCCCCCCCC(C)CCCc1ccccc1S(N)(=O)=O. The van der Waals surface area contributed by atoms with Crippen LogP contribution in [0.1, 0.15) is 90.0 Å². The van der Waals surface area contributed by atoms with Gasteiger partial charge in [-0.2, -0.15) is 0 Å². The molecule has 3 nitrogen and oxygen atoms in total. The molecule has 1 rings (SSSR count). The number of aryl methyl sites for hydroxylation is 1. The molecule has 0 amide bonds. The summed E-state index contributed by atoms with van der Waals surface area (Å²) in [6.07, 6.45) is 15.2. The molecule has 0 heterocycles. The quantitative estimate of drug-likeness (QED) is 0.421. The number of rotatable bonds is 14. The van der Waals surface area contributed by atoms with E-state index in [0.717, 1.165) is 24.8 Å². The predicted octanol–water partition coefficient (Wildman–Crippen LogP) is 5.82. The molecule has 0 bridgehead atoms. The number of hydrogen-bond acceptors (Lipinski definition) is 2. The molecule has 1 aromatic carbocycles. The Kier molecular flexibility index (Phi) is 11.1. The average molecular weight is 368 g/mol. The van der Waals surface area contributed by atoms with Crippen molar-refractivity contribution in [2.75, 3.05) is 0 Å². The van der Waals surface area contributed by atoms with Gasteiger partial charge in [0.2, 0.25) is 10.0 Å². The first-order valence-corrected chi connectivity index (χ1v) is 11.6. The summed E-state index contributed by atoms with van der Waals surface area (Å²) in [6, 6.07) is 7.10. The Bertz CT molecular complexity index is 569. The lowest BCUT2D eigenvalue weighted by molar-refractivity contribution is 0.442. The molecule has 4 heteroatoms. The molecule has 0 aliphatic rings.